The van der Waals surface area contributed by atoms with Crippen molar-refractivity contribution in [3.63, 3.8) is 0 Å². The van der Waals surface area contributed by atoms with Crippen molar-refractivity contribution >= 4 is 5.91 Å². The van der Waals surface area contributed by atoms with Crippen LogP contribution < -0.4 is 0 Å². The monoisotopic (exact) mass is 261 g/mol. The van der Waals surface area contributed by atoms with Crippen LogP contribution in [0.5, 0.6) is 0 Å². The molecule has 1 aromatic carbocycles. The van der Waals surface area contributed by atoms with Crippen LogP contribution in [-0.4, -0.2) is 24.4 Å². The highest BCUT2D eigenvalue weighted by molar-refractivity contribution is 5.94. The molecule has 98 valence electrons. The summed E-state index contributed by atoms with van der Waals surface area (Å²) in [6.07, 6.45) is -3.43. The van der Waals surface area contributed by atoms with Crippen molar-refractivity contribution in [2.75, 3.05) is 13.6 Å². The second-order valence-electron chi connectivity index (χ2n) is 3.64. The third-order valence-corrected chi connectivity index (χ3v) is 2.28. The first-order valence-electron chi connectivity index (χ1n) is 5.01. The Kier molecular flexibility index (Phi) is 4.11. The number of hydrogen-bond acceptors (Lipinski definition) is 1. The molecular formula is C12H11F4NO. The highest BCUT2D eigenvalue weighted by Gasteiger charge is 2.35. The Labute approximate surface area is 102 Å². The third kappa shape index (κ3) is 2.88. The maximum atomic E-state index is 13.6. The molecule has 1 aromatic rings. The Bertz CT molecular complexity index is 468. The number of likely N-dealkylation sites (N-methyl/N-ethyl adjacent to an activating group) is 1. The van der Waals surface area contributed by atoms with Crippen molar-refractivity contribution in [3.05, 3.63) is 47.8 Å². The topological polar surface area (TPSA) is 20.3 Å². The molecule has 18 heavy (non-hydrogen) atoms. The van der Waals surface area contributed by atoms with E-state index in [9.17, 15) is 22.4 Å². The van der Waals surface area contributed by atoms with Crippen molar-refractivity contribution in [2.45, 2.75) is 6.18 Å². The van der Waals surface area contributed by atoms with Gasteiger partial charge in [0.25, 0.3) is 5.91 Å². The largest absolute Gasteiger partial charge is 0.419 e. The van der Waals surface area contributed by atoms with Crippen molar-refractivity contribution in [2.24, 2.45) is 0 Å². The third-order valence-electron chi connectivity index (χ3n) is 2.28. The molecule has 0 saturated heterocycles. The number of halogens is 4. The molecule has 0 spiro atoms. The van der Waals surface area contributed by atoms with Crippen LogP contribution in [0.25, 0.3) is 0 Å². The molecule has 0 aliphatic carbocycles. The number of benzene rings is 1. The second-order valence-corrected chi connectivity index (χ2v) is 3.64. The summed E-state index contributed by atoms with van der Waals surface area (Å²) < 4.78 is 51.0. The molecule has 0 aliphatic rings. The van der Waals surface area contributed by atoms with Gasteiger partial charge in [-0.2, -0.15) is 13.2 Å². The van der Waals surface area contributed by atoms with Gasteiger partial charge in [0.05, 0.1) is 11.1 Å². The lowest BCUT2D eigenvalue weighted by Crippen LogP contribution is -2.28. The first-order chi connectivity index (χ1) is 8.29. The molecule has 1 rings (SSSR count). The zero-order chi connectivity index (χ0) is 13.9. The van der Waals surface area contributed by atoms with Crippen LogP contribution in [0, 0.1) is 5.82 Å². The van der Waals surface area contributed by atoms with Gasteiger partial charge in [-0.3, -0.25) is 4.79 Å². The first-order valence-corrected chi connectivity index (χ1v) is 5.01. The molecule has 0 atom stereocenters. The van der Waals surface area contributed by atoms with Gasteiger partial charge in [0, 0.05) is 13.6 Å². The maximum absolute atomic E-state index is 13.6. The maximum Gasteiger partial charge on any atom is 0.419 e. The summed E-state index contributed by atoms with van der Waals surface area (Å²) in [6, 6.07) is 2.62. The number of alkyl halides is 3. The average Bonchev–Trinajstić information content (AvgIpc) is 2.27. The zero-order valence-electron chi connectivity index (χ0n) is 9.59. The van der Waals surface area contributed by atoms with E-state index in [1.54, 1.807) is 0 Å². The van der Waals surface area contributed by atoms with Gasteiger partial charge in [-0.1, -0.05) is 12.1 Å². The van der Waals surface area contributed by atoms with Crippen LogP contribution in [0.1, 0.15) is 15.9 Å². The molecule has 0 N–H and O–H groups in total. The van der Waals surface area contributed by atoms with Gasteiger partial charge < -0.3 is 4.90 Å². The zero-order valence-corrected chi connectivity index (χ0v) is 9.59. The highest BCUT2D eigenvalue weighted by atomic mass is 19.4. The van der Waals surface area contributed by atoms with Crippen molar-refractivity contribution in [1.82, 2.24) is 4.90 Å². The van der Waals surface area contributed by atoms with Crippen LogP contribution in [-0.2, 0) is 6.18 Å². The van der Waals surface area contributed by atoms with Crippen molar-refractivity contribution < 1.29 is 22.4 Å². The van der Waals surface area contributed by atoms with Gasteiger partial charge in [0.15, 0.2) is 0 Å². The van der Waals surface area contributed by atoms with E-state index in [4.69, 9.17) is 0 Å². The summed E-state index contributed by atoms with van der Waals surface area (Å²) in [5.74, 6) is -2.37. The van der Waals surface area contributed by atoms with E-state index >= 15 is 0 Å². The van der Waals surface area contributed by atoms with E-state index in [0.717, 1.165) is 17.0 Å². The molecule has 0 aromatic heterocycles. The molecule has 2 nitrogen and oxygen atoms in total. The molecule has 0 aliphatic heterocycles. The molecular weight excluding hydrogens is 250 g/mol. The standard InChI is InChI=1S/C12H11F4NO/c1-3-7-17(2)11(18)8-5-4-6-9(10(8)13)12(14,15)16/h3-6H,1,7H2,2H3. The van der Waals surface area contributed by atoms with Crippen LogP contribution in [0.3, 0.4) is 0 Å². The number of hydrogen-bond donors (Lipinski definition) is 0. The van der Waals surface area contributed by atoms with Crippen molar-refractivity contribution in [1.29, 1.82) is 0 Å². The first kappa shape index (κ1) is 14.2. The average molecular weight is 261 g/mol. The number of nitrogens with zero attached hydrogens (tertiary/aromatic N) is 1. The predicted molar refractivity (Wildman–Crippen MR) is 58.6 cm³/mol. The lowest BCUT2D eigenvalue weighted by Gasteiger charge is -2.17. The van der Waals surface area contributed by atoms with Gasteiger partial charge in [-0.15, -0.1) is 6.58 Å². The van der Waals surface area contributed by atoms with Gasteiger partial charge in [0.1, 0.15) is 5.82 Å². The highest BCUT2D eigenvalue weighted by Crippen LogP contribution is 2.32. The quantitative estimate of drug-likeness (QED) is 0.604. The normalized spacial score (nSPS) is 11.2. The molecule has 0 bridgehead atoms. The van der Waals surface area contributed by atoms with E-state index in [0.29, 0.717) is 6.07 Å². The summed E-state index contributed by atoms with van der Waals surface area (Å²) in [6.45, 7) is 3.51. The lowest BCUT2D eigenvalue weighted by molar-refractivity contribution is -0.140. The minimum absolute atomic E-state index is 0.120. The molecule has 1 amide bonds. The second kappa shape index (κ2) is 5.20. The molecule has 0 fully saturated rings. The van der Waals surface area contributed by atoms with Gasteiger partial charge in [0.2, 0.25) is 0 Å². The summed E-state index contributed by atoms with van der Waals surface area (Å²) in [4.78, 5) is 12.8. The van der Waals surface area contributed by atoms with Crippen LogP contribution in [0.2, 0.25) is 0 Å². The number of amides is 1. The van der Waals surface area contributed by atoms with Gasteiger partial charge in [-0.25, -0.2) is 4.39 Å². The van der Waals surface area contributed by atoms with E-state index in [1.807, 2.05) is 0 Å². The number of carbonyl (C=O) groups excluding carboxylic acids is 1. The lowest BCUT2D eigenvalue weighted by atomic mass is 10.1. The summed E-state index contributed by atoms with van der Waals surface area (Å²) in [5, 5.41) is 0. The number of rotatable bonds is 3. The van der Waals surface area contributed by atoms with Crippen LogP contribution in [0.4, 0.5) is 17.6 Å². The number of carbonyl (C=O) groups is 1. The van der Waals surface area contributed by atoms with Crippen LogP contribution >= 0.6 is 0 Å². The smallest absolute Gasteiger partial charge is 0.338 e. The fraction of sp³-hybridized carbons (Fsp3) is 0.250. The minimum Gasteiger partial charge on any atom is -0.338 e. The molecule has 0 saturated carbocycles. The minimum atomic E-state index is -4.82. The van der Waals surface area contributed by atoms with E-state index in [2.05, 4.69) is 6.58 Å². The van der Waals surface area contributed by atoms with Crippen LogP contribution in [0.15, 0.2) is 30.9 Å². The fourth-order valence-electron chi connectivity index (χ4n) is 1.40. The molecule has 0 radical (unpaired) electrons. The van der Waals surface area contributed by atoms with Gasteiger partial charge in [-0.05, 0) is 12.1 Å². The van der Waals surface area contributed by atoms with E-state index < -0.39 is 29.0 Å². The molecule has 6 heteroatoms. The Morgan fingerprint density at radius 1 is 1.44 bits per heavy atom. The van der Waals surface area contributed by atoms with E-state index in [-0.39, 0.29) is 6.54 Å². The Balaban J connectivity index is 3.19. The molecule has 0 unspecified atom stereocenters. The van der Waals surface area contributed by atoms with E-state index in [1.165, 1.54) is 13.1 Å². The van der Waals surface area contributed by atoms with Crippen molar-refractivity contribution in [3.8, 4) is 0 Å². The molecule has 0 heterocycles. The predicted octanol–water partition coefficient (Wildman–Crippen LogP) is 3.10. The summed E-state index contributed by atoms with van der Waals surface area (Å²) in [7, 11) is 1.35. The summed E-state index contributed by atoms with van der Waals surface area (Å²) in [5.41, 5.74) is -2.05. The fourth-order valence-corrected chi connectivity index (χ4v) is 1.40. The summed E-state index contributed by atoms with van der Waals surface area (Å²) >= 11 is 0. The Hall–Kier alpha value is -1.85. The van der Waals surface area contributed by atoms with Gasteiger partial charge >= 0.3 is 6.18 Å². The Morgan fingerprint density at radius 2 is 2.06 bits per heavy atom. The Morgan fingerprint density at radius 3 is 2.56 bits per heavy atom. The SMILES string of the molecule is C=CCN(C)C(=O)c1cccc(C(F)(F)F)c1F.